The van der Waals surface area contributed by atoms with E-state index in [4.69, 9.17) is 0 Å². The molecule has 0 spiro atoms. The lowest BCUT2D eigenvalue weighted by Crippen LogP contribution is -1.97. The van der Waals surface area contributed by atoms with Gasteiger partial charge in [0.25, 0.3) is 5.69 Å². The highest BCUT2D eigenvalue weighted by Crippen LogP contribution is 2.18. The summed E-state index contributed by atoms with van der Waals surface area (Å²) in [7, 11) is 0. The zero-order valence-corrected chi connectivity index (χ0v) is 9.22. The average molecular weight is 240 g/mol. The van der Waals surface area contributed by atoms with Crippen molar-refractivity contribution in [1.29, 1.82) is 0 Å². The third kappa shape index (κ3) is 1.69. The number of hydrogen-bond donors (Lipinski definition) is 0. The molecule has 3 aromatic rings. The van der Waals surface area contributed by atoms with Crippen LogP contribution in [0.4, 0.5) is 5.69 Å². The molecule has 2 aromatic carbocycles. The molecule has 0 saturated heterocycles. The van der Waals surface area contributed by atoms with Crippen LogP contribution < -0.4 is 0 Å². The predicted octanol–water partition coefficient (Wildman–Crippen LogP) is 2.33. The van der Waals surface area contributed by atoms with Crippen molar-refractivity contribution >= 4 is 16.7 Å². The number of para-hydroxylation sites is 1. The SMILES string of the molecule is O=[N+]([O-])c1ccc2nn(-c3ccccc3)nc2c1. The smallest absolute Gasteiger partial charge is 0.258 e. The Morgan fingerprint density at radius 2 is 1.72 bits per heavy atom. The van der Waals surface area contributed by atoms with Gasteiger partial charge in [-0.1, -0.05) is 18.2 Å². The van der Waals surface area contributed by atoms with Crippen LogP contribution in [0, 0.1) is 10.1 Å². The second-order valence-corrected chi connectivity index (χ2v) is 3.76. The van der Waals surface area contributed by atoms with E-state index in [9.17, 15) is 10.1 Å². The van der Waals surface area contributed by atoms with Gasteiger partial charge in [-0.3, -0.25) is 10.1 Å². The molecule has 18 heavy (non-hydrogen) atoms. The third-order valence-corrected chi connectivity index (χ3v) is 2.56. The van der Waals surface area contributed by atoms with Crippen LogP contribution in [0.1, 0.15) is 0 Å². The maximum Gasteiger partial charge on any atom is 0.271 e. The van der Waals surface area contributed by atoms with E-state index in [2.05, 4.69) is 10.2 Å². The number of nitro groups is 1. The number of nitro benzene ring substituents is 1. The Hall–Kier alpha value is -2.76. The van der Waals surface area contributed by atoms with Gasteiger partial charge in [0.2, 0.25) is 0 Å². The van der Waals surface area contributed by atoms with Crippen LogP contribution >= 0.6 is 0 Å². The number of aromatic nitrogens is 3. The fourth-order valence-corrected chi connectivity index (χ4v) is 1.69. The predicted molar refractivity (Wildman–Crippen MR) is 65.5 cm³/mol. The van der Waals surface area contributed by atoms with Gasteiger partial charge in [0.05, 0.1) is 10.6 Å². The molecule has 6 nitrogen and oxygen atoms in total. The highest BCUT2D eigenvalue weighted by Gasteiger charge is 2.10. The summed E-state index contributed by atoms with van der Waals surface area (Å²) in [4.78, 5) is 11.7. The van der Waals surface area contributed by atoms with Crippen LogP contribution in [0.15, 0.2) is 48.5 Å². The summed E-state index contributed by atoms with van der Waals surface area (Å²) in [6.45, 7) is 0. The zero-order chi connectivity index (χ0) is 12.5. The molecule has 0 aliphatic heterocycles. The first-order chi connectivity index (χ1) is 8.74. The molecule has 0 amide bonds. The van der Waals surface area contributed by atoms with Gasteiger partial charge in [-0.05, 0) is 18.2 Å². The molecule has 0 unspecified atom stereocenters. The molecule has 0 bridgehead atoms. The van der Waals surface area contributed by atoms with E-state index < -0.39 is 4.92 Å². The molecule has 1 aromatic heterocycles. The van der Waals surface area contributed by atoms with Crippen LogP contribution in [-0.4, -0.2) is 19.9 Å². The second-order valence-electron chi connectivity index (χ2n) is 3.76. The van der Waals surface area contributed by atoms with E-state index in [-0.39, 0.29) is 5.69 Å². The lowest BCUT2D eigenvalue weighted by atomic mass is 10.3. The number of non-ortho nitro benzene ring substituents is 1. The Balaban J connectivity index is 2.14. The molecule has 0 aliphatic rings. The number of fused-ring (bicyclic) bond motifs is 1. The first kappa shape index (κ1) is 10.4. The fourth-order valence-electron chi connectivity index (χ4n) is 1.69. The maximum atomic E-state index is 10.7. The fraction of sp³-hybridized carbons (Fsp3) is 0. The van der Waals surface area contributed by atoms with Crippen LogP contribution in [0.2, 0.25) is 0 Å². The van der Waals surface area contributed by atoms with Gasteiger partial charge in [0.15, 0.2) is 0 Å². The number of rotatable bonds is 2. The van der Waals surface area contributed by atoms with Gasteiger partial charge in [-0.2, -0.15) is 4.80 Å². The maximum absolute atomic E-state index is 10.7. The summed E-state index contributed by atoms with van der Waals surface area (Å²) in [5, 5.41) is 19.2. The molecule has 0 aliphatic carbocycles. The average Bonchev–Trinajstić information content (AvgIpc) is 2.82. The highest BCUT2D eigenvalue weighted by molar-refractivity contribution is 5.76. The second kappa shape index (κ2) is 3.92. The monoisotopic (exact) mass is 240 g/mol. The lowest BCUT2D eigenvalue weighted by molar-refractivity contribution is -0.384. The normalized spacial score (nSPS) is 10.7. The molecule has 0 fully saturated rings. The van der Waals surface area contributed by atoms with E-state index in [1.807, 2.05) is 30.3 Å². The minimum Gasteiger partial charge on any atom is -0.258 e. The van der Waals surface area contributed by atoms with Gasteiger partial charge in [0, 0.05) is 12.1 Å². The molecular weight excluding hydrogens is 232 g/mol. The van der Waals surface area contributed by atoms with Crippen molar-refractivity contribution < 1.29 is 4.92 Å². The molecular formula is C12H8N4O2. The highest BCUT2D eigenvalue weighted by atomic mass is 16.6. The molecule has 6 heteroatoms. The molecule has 1 heterocycles. The van der Waals surface area contributed by atoms with Crippen LogP contribution in [0.25, 0.3) is 16.7 Å². The number of hydrogen-bond acceptors (Lipinski definition) is 4. The first-order valence-electron chi connectivity index (χ1n) is 5.31. The summed E-state index contributed by atoms with van der Waals surface area (Å²) in [6, 6.07) is 13.8. The standard InChI is InChI=1S/C12H8N4O2/c17-16(18)10-6-7-11-12(8-10)14-15(13-11)9-4-2-1-3-5-9/h1-8H. The summed E-state index contributed by atoms with van der Waals surface area (Å²) < 4.78 is 0. The van der Waals surface area contributed by atoms with Crippen LogP contribution in [-0.2, 0) is 0 Å². The van der Waals surface area contributed by atoms with Crippen molar-refractivity contribution in [2.24, 2.45) is 0 Å². The molecule has 0 N–H and O–H groups in total. The Labute approximate surface area is 102 Å². The van der Waals surface area contributed by atoms with Gasteiger partial charge >= 0.3 is 0 Å². The Kier molecular flexibility index (Phi) is 2.26. The minimum absolute atomic E-state index is 0.0163. The van der Waals surface area contributed by atoms with E-state index in [0.29, 0.717) is 11.0 Å². The molecule has 0 atom stereocenters. The number of nitrogens with zero attached hydrogens (tertiary/aromatic N) is 4. The Bertz CT molecular complexity index is 721. The Morgan fingerprint density at radius 1 is 1.00 bits per heavy atom. The van der Waals surface area contributed by atoms with Crippen LogP contribution in [0.5, 0.6) is 0 Å². The van der Waals surface area contributed by atoms with Gasteiger partial charge in [-0.25, -0.2) is 0 Å². The lowest BCUT2D eigenvalue weighted by Gasteiger charge is -1.96. The summed E-state index contributed by atoms with van der Waals surface area (Å²) in [6.07, 6.45) is 0. The number of benzene rings is 2. The summed E-state index contributed by atoms with van der Waals surface area (Å²) in [5.41, 5.74) is 1.97. The van der Waals surface area contributed by atoms with E-state index in [0.717, 1.165) is 5.69 Å². The van der Waals surface area contributed by atoms with E-state index in [1.165, 1.54) is 16.9 Å². The van der Waals surface area contributed by atoms with Gasteiger partial charge < -0.3 is 0 Å². The van der Waals surface area contributed by atoms with Crippen LogP contribution in [0.3, 0.4) is 0 Å². The minimum atomic E-state index is -0.443. The quantitative estimate of drug-likeness (QED) is 0.509. The molecule has 3 rings (SSSR count). The molecule has 88 valence electrons. The van der Waals surface area contributed by atoms with Gasteiger partial charge in [0.1, 0.15) is 11.0 Å². The van der Waals surface area contributed by atoms with Crippen molar-refractivity contribution in [3.63, 3.8) is 0 Å². The third-order valence-electron chi connectivity index (χ3n) is 2.56. The topological polar surface area (TPSA) is 73.8 Å². The van der Waals surface area contributed by atoms with Crippen molar-refractivity contribution in [2.45, 2.75) is 0 Å². The molecule has 0 radical (unpaired) electrons. The van der Waals surface area contributed by atoms with Crippen molar-refractivity contribution in [3.8, 4) is 5.69 Å². The van der Waals surface area contributed by atoms with Gasteiger partial charge in [-0.15, -0.1) is 10.2 Å². The first-order valence-corrected chi connectivity index (χ1v) is 5.31. The van der Waals surface area contributed by atoms with E-state index >= 15 is 0 Å². The molecule has 0 saturated carbocycles. The Morgan fingerprint density at radius 3 is 2.44 bits per heavy atom. The van der Waals surface area contributed by atoms with E-state index in [1.54, 1.807) is 6.07 Å². The largest absolute Gasteiger partial charge is 0.271 e. The van der Waals surface area contributed by atoms with Crippen molar-refractivity contribution in [1.82, 2.24) is 15.0 Å². The van der Waals surface area contributed by atoms with Crippen molar-refractivity contribution in [3.05, 3.63) is 58.6 Å². The summed E-state index contributed by atoms with van der Waals surface area (Å²) in [5.74, 6) is 0. The summed E-state index contributed by atoms with van der Waals surface area (Å²) >= 11 is 0. The van der Waals surface area contributed by atoms with Crippen molar-refractivity contribution in [2.75, 3.05) is 0 Å². The zero-order valence-electron chi connectivity index (χ0n) is 9.22.